The molecule has 2 heterocycles. The van der Waals surface area contributed by atoms with Crippen molar-refractivity contribution in [3.8, 4) is 0 Å². The number of aromatic nitrogens is 4. The first-order chi connectivity index (χ1) is 10.2. The van der Waals surface area contributed by atoms with E-state index in [0.717, 1.165) is 23.0 Å². The second-order valence-electron chi connectivity index (χ2n) is 4.89. The average Bonchev–Trinajstić information content (AvgIpc) is 2.88. The Bertz CT molecular complexity index is 820. The number of aromatic amines is 1. The summed E-state index contributed by atoms with van der Waals surface area (Å²) in [4.78, 5) is 14.3. The minimum atomic E-state index is -0.137. The molecule has 0 saturated carbocycles. The van der Waals surface area contributed by atoms with Crippen molar-refractivity contribution >= 4 is 17.5 Å². The molecule has 6 heteroatoms. The molecule has 1 N–H and O–H groups in total. The molecule has 0 atom stereocenters. The minimum absolute atomic E-state index is 0.137. The van der Waals surface area contributed by atoms with Gasteiger partial charge in [-0.15, -0.1) is 10.2 Å². The molecule has 0 aliphatic carbocycles. The van der Waals surface area contributed by atoms with Gasteiger partial charge in [0.1, 0.15) is 0 Å². The molecule has 0 unspecified atom stereocenters. The second kappa shape index (κ2) is 5.73. The number of nitrogens with one attached hydrogen (secondary N) is 1. The van der Waals surface area contributed by atoms with Crippen LogP contribution < -0.4 is 5.56 Å². The van der Waals surface area contributed by atoms with Gasteiger partial charge in [-0.05, 0) is 18.9 Å². The number of rotatable bonds is 4. The number of fused-ring (bicyclic) bond motifs is 1. The Balaban J connectivity index is 1.90. The number of thioether (sulfide) groups is 1. The molecular weight excluding hydrogens is 284 g/mol. The highest BCUT2D eigenvalue weighted by molar-refractivity contribution is 7.98. The standard InChI is InChI=1S/C15H16N4OS/c1-3-12-8-13(20)16-14-17-18-15(19(12)14)21-9-11-6-4-10(2)5-7-11/h4-8H,3,9H2,1-2H3,(H,16,17,20). The molecule has 3 rings (SSSR count). The second-order valence-corrected chi connectivity index (χ2v) is 5.84. The summed E-state index contributed by atoms with van der Waals surface area (Å²) in [5.41, 5.74) is 3.28. The Morgan fingerprint density at radius 1 is 1.24 bits per heavy atom. The van der Waals surface area contributed by atoms with E-state index in [1.807, 2.05) is 11.3 Å². The summed E-state index contributed by atoms with van der Waals surface area (Å²) >= 11 is 1.62. The molecule has 0 aliphatic heterocycles. The van der Waals surface area contributed by atoms with Crippen molar-refractivity contribution in [3.05, 3.63) is 57.5 Å². The first-order valence-corrected chi connectivity index (χ1v) is 7.81. The summed E-state index contributed by atoms with van der Waals surface area (Å²) in [5.74, 6) is 1.33. The summed E-state index contributed by atoms with van der Waals surface area (Å²) in [6, 6.07) is 10.0. The third-order valence-electron chi connectivity index (χ3n) is 3.30. The zero-order valence-corrected chi connectivity index (χ0v) is 12.8. The minimum Gasteiger partial charge on any atom is -0.291 e. The van der Waals surface area contributed by atoms with Crippen molar-refractivity contribution in [1.82, 2.24) is 19.6 Å². The fourth-order valence-corrected chi connectivity index (χ4v) is 3.08. The molecule has 3 aromatic rings. The molecule has 0 spiro atoms. The Morgan fingerprint density at radius 2 is 2.00 bits per heavy atom. The molecular formula is C15H16N4OS. The Hall–Kier alpha value is -2.08. The third kappa shape index (κ3) is 2.85. The van der Waals surface area contributed by atoms with Crippen LogP contribution in [-0.4, -0.2) is 19.6 Å². The number of hydrogen-bond donors (Lipinski definition) is 1. The van der Waals surface area contributed by atoms with E-state index in [-0.39, 0.29) is 5.56 Å². The summed E-state index contributed by atoms with van der Waals surface area (Å²) < 4.78 is 1.92. The first kappa shape index (κ1) is 13.9. The molecule has 21 heavy (non-hydrogen) atoms. The van der Waals surface area contributed by atoms with E-state index in [1.165, 1.54) is 11.1 Å². The van der Waals surface area contributed by atoms with Crippen LogP contribution in [0.2, 0.25) is 0 Å². The lowest BCUT2D eigenvalue weighted by Crippen LogP contribution is -2.11. The predicted octanol–water partition coefficient (Wildman–Crippen LogP) is 2.58. The monoisotopic (exact) mass is 300 g/mol. The van der Waals surface area contributed by atoms with Gasteiger partial charge in [-0.1, -0.05) is 48.5 Å². The fraction of sp³-hybridized carbons (Fsp3) is 0.267. The van der Waals surface area contributed by atoms with E-state index in [9.17, 15) is 4.79 Å². The number of benzene rings is 1. The van der Waals surface area contributed by atoms with E-state index in [1.54, 1.807) is 17.8 Å². The maximum atomic E-state index is 11.5. The van der Waals surface area contributed by atoms with Crippen molar-refractivity contribution in [3.63, 3.8) is 0 Å². The van der Waals surface area contributed by atoms with Gasteiger partial charge in [0.25, 0.3) is 5.56 Å². The fourth-order valence-electron chi connectivity index (χ4n) is 2.16. The van der Waals surface area contributed by atoms with Gasteiger partial charge in [0, 0.05) is 17.5 Å². The van der Waals surface area contributed by atoms with Crippen molar-refractivity contribution in [2.45, 2.75) is 31.2 Å². The largest absolute Gasteiger partial charge is 0.291 e. The topological polar surface area (TPSA) is 63.0 Å². The summed E-state index contributed by atoms with van der Waals surface area (Å²) in [6.45, 7) is 4.09. The van der Waals surface area contributed by atoms with E-state index in [0.29, 0.717) is 5.78 Å². The Labute approximate surface area is 126 Å². The maximum absolute atomic E-state index is 11.5. The van der Waals surface area contributed by atoms with Crippen LogP contribution in [0.5, 0.6) is 0 Å². The van der Waals surface area contributed by atoms with Crippen molar-refractivity contribution in [2.24, 2.45) is 0 Å². The van der Waals surface area contributed by atoms with Crippen LogP contribution in [0.1, 0.15) is 23.7 Å². The Morgan fingerprint density at radius 3 is 2.71 bits per heavy atom. The molecule has 0 fully saturated rings. The number of hydrogen-bond acceptors (Lipinski definition) is 4. The van der Waals surface area contributed by atoms with Crippen LogP contribution in [-0.2, 0) is 12.2 Å². The predicted molar refractivity (Wildman–Crippen MR) is 83.7 cm³/mol. The quantitative estimate of drug-likeness (QED) is 0.752. The van der Waals surface area contributed by atoms with Gasteiger partial charge in [0.2, 0.25) is 5.78 Å². The average molecular weight is 300 g/mol. The van der Waals surface area contributed by atoms with Gasteiger partial charge >= 0.3 is 0 Å². The van der Waals surface area contributed by atoms with Gasteiger partial charge < -0.3 is 0 Å². The molecule has 0 saturated heterocycles. The summed E-state index contributed by atoms with van der Waals surface area (Å²) in [6.07, 6.45) is 0.760. The molecule has 0 radical (unpaired) electrons. The highest BCUT2D eigenvalue weighted by Gasteiger charge is 2.11. The zero-order valence-electron chi connectivity index (χ0n) is 12.0. The van der Waals surface area contributed by atoms with Crippen molar-refractivity contribution in [1.29, 1.82) is 0 Å². The van der Waals surface area contributed by atoms with Gasteiger partial charge in [-0.25, -0.2) is 0 Å². The SMILES string of the molecule is CCc1cc(=O)[nH]c2nnc(SCc3ccc(C)cc3)n12. The molecule has 0 amide bonds. The zero-order chi connectivity index (χ0) is 14.8. The van der Waals surface area contributed by atoms with Gasteiger partial charge in [-0.2, -0.15) is 0 Å². The smallest absolute Gasteiger partial charge is 0.252 e. The summed E-state index contributed by atoms with van der Waals surface area (Å²) in [5, 5.41) is 9.04. The number of H-pyrrole nitrogens is 1. The summed E-state index contributed by atoms with van der Waals surface area (Å²) in [7, 11) is 0. The van der Waals surface area contributed by atoms with Crippen LogP contribution >= 0.6 is 11.8 Å². The van der Waals surface area contributed by atoms with Crippen LogP contribution in [0.3, 0.4) is 0 Å². The van der Waals surface area contributed by atoms with Gasteiger partial charge in [0.15, 0.2) is 5.16 Å². The van der Waals surface area contributed by atoms with Crippen LogP contribution in [0, 0.1) is 6.92 Å². The molecule has 0 aliphatic rings. The maximum Gasteiger partial charge on any atom is 0.252 e. The van der Waals surface area contributed by atoms with E-state index >= 15 is 0 Å². The highest BCUT2D eigenvalue weighted by atomic mass is 32.2. The van der Waals surface area contributed by atoms with Crippen molar-refractivity contribution in [2.75, 3.05) is 0 Å². The lowest BCUT2D eigenvalue weighted by molar-refractivity contribution is 0.850. The van der Waals surface area contributed by atoms with Crippen molar-refractivity contribution < 1.29 is 0 Å². The molecule has 2 aromatic heterocycles. The Kier molecular flexibility index (Phi) is 3.79. The van der Waals surface area contributed by atoms with Gasteiger partial charge in [-0.3, -0.25) is 14.2 Å². The van der Waals surface area contributed by atoms with Crippen LogP contribution in [0.4, 0.5) is 0 Å². The third-order valence-corrected chi connectivity index (χ3v) is 4.30. The lowest BCUT2D eigenvalue weighted by atomic mass is 10.2. The molecule has 108 valence electrons. The van der Waals surface area contributed by atoms with E-state index < -0.39 is 0 Å². The number of aryl methyl sites for hydroxylation is 2. The van der Waals surface area contributed by atoms with Gasteiger partial charge in [0.05, 0.1) is 0 Å². The number of nitrogens with zero attached hydrogens (tertiary/aromatic N) is 3. The molecule has 1 aromatic carbocycles. The molecule has 0 bridgehead atoms. The lowest BCUT2D eigenvalue weighted by Gasteiger charge is -2.05. The van der Waals surface area contributed by atoms with Crippen LogP contribution in [0.25, 0.3) is 5.78 Å². The normalized spacial score (nSPS) is 11.1. The van der Waals surface area contributed by atoms with E-state index in [4.69, 9.17) is 0 Å². The van der Waals surface area contributed by atoms with Crippen LogP contribution in [0.15, 0.2) is 40.3 Å². The first-order valence-electron chi connectivity index (χ1n) is 6.83. The van der Waals surface area contributed by atoms with E-state index in [2.05, 4.69) is 46.4 Å². The molecule has 5 nitrogen and oxygen atoms in total. The highest BCUT2D eigenvalue weighted by Crippen LogP contribution is 2.22.